The van der Waals surface area contributed by atoms with Crippen molar-refractivity contribution >= 4 is 51.2 Å². The normalized spacial score (nSPS) is 12.7. The summed E-state index contributed by atoms with van der Waals surface area (Å²) >= 11 is 0. The van der Waals surface area contributed by atoms with Crippen LogP contribution in [0.2, 0.25) is 0 Å². The van der Waals surface area contributed by atoms with E-state index in [0.29, 0.717) is 28.4 Å². The van der Waals surface area contributed by atoms with E-state index >= 15 is 4.79 Å². The second kappa shape index (κ2) is 27.4. The highest BCUT2D eigenvalue weighted by atomic mass is 16.6. The first-order valence-electron chi connectivity index (χ1n) is 31.8. The van der Waals surface area contributed by atoms with E-state index in [1.165, 1.54) is 0 Å². The van der Waals surface area contributed by atoms with E-state index in [2.05, 4.69) is 138 Å². The first-order chi connectivity index (χ1) is 43.0. The number of hydrogen-bond acceptors (Lipinski definition) is 12. The van der Waals surface area contributed by atoms with E-state index in [-0.39, 0.29) is 99.5 Å². The maximum Gasteiger partial charge on any atom is 0.344 e. The summed E-state index contributed by atoms with van der Waals surface area (Å²) in [4.78, 5) is 70.1. The predicted molar refractivity (Wildman–Crippen MR) is 359 cm³/mol. The van der Waals surface area contributed by atoms with Crippen LogP contribution in [0.1, 0.15) is 197 Å². The number of carbonyl (C=O) groups excluding carboxylic acids is 5. The lowest BCUT2D eigenvalue weighted by atomic mass is 9.77. The number of Topliss-reactive ketones (excluding diaryl/α,β-unsaturated/α-hetero) is 1. The molecule has 0 amide bonds. The molecule has 0 atom stereocenters. The molecule has 1 aliphatic rings. The van der Waals surface area contributed by atoms with E-state index in [1.54, 1.807) is 45.0 Å². The molecule has 0 N–H and O–H groups in total. The van der Waals surface area contributed by atoms with Gasteiger partial charge in [0, 0.05) is 37.7 Å². The Hall–Kier alpha value is -8.77. The van der Waals surface area contributed by atoms with E-state index in [0.717, 1.165) is 93.9 Å². The van der Waals surface area contributed by atoms with E-state index in [4.69, 9.17) is 33.2 Å². The second-order valence-electron chi connectivity index (χ2n) is 27.8. The summed E-state index contributed by atoms with van der Waals surface area (Å²) in [5.74, 6) is -0.515. The van der Waals surface area contributed by atoms with Crippen LogP contribution in [0.25, 0.3) is 21.5 Å². The zero-order valence-corrected chi connectivity index (χ0v) is 55.8. The van der Waals surface area contributed by atoms with Crippen molar-refractivity contribution in [2.24, 2.45) is 0 Å². The Morgan fingerprint density at radius 2 is 0.692 bits per heavy atom. The van der Waals surface area contributed by atoms with Crippen LogP contribution in [-0.4, -0.2) is 69.3 Å². The van der Waals surface area contributed by atoms with Crippen molar-refractivity contribution in [2.45, 2.75) is 158 Å². The van der Waals surface area contributed by atoms with Gasteiger partial charge < -0.3 is 33.2 Å². The van der Waals surface area contributed by atoms with Gasteiger partial charge in [0.05, 0.1) is 25.4 Å². The Labute approximate surface area is 536 Å². The molecule has 12 heteroatoms. The van der Waals surface area contributed by atoms with Crippen molar-refractivity contribution in [2.75, 3.05) is 39.6 Å². The molecule has 0 saturated carbocycles. The molecule has 8 aromatic rings. The number of hydrogen-bond donors (Lipinski definition) is 0. The standard InChI is InChI=1S/C79H88O12/c1-16-85-68(81)45-88-72-53-32-51-36-59(76(4,5)6)37-52(66(51)44-67(80)48-27-29-63(30-28-48)91-75(84)71-64-25-21-19-23-49(64)31-50-24-20-22-26-65(50)71)33-54-39-61(78(10,11)12)41-56(73(54)89-46-69(82)86-17-2)35-58-43-62(79(13,14)15)42-57(74(58)90-47-70(83)87-18-3)34-55(72)40-60(38-53)77(7,8)9/h19-31,36-43H,16-18,32-35,44-47H2,1-15H3. The lowest BCUT2D eigenvalue weighted by Gasteiger charge is -2.29. The van der Waals surface area contributed by atoms with E-state index in [1.807, 2.05) is 48.5 Å². The highest BCUT2D eigenvalue weighted by molar-refractivity contribution is 6.17. The van der Waals surface area contributed by atoms with Crippen molar-refractivity contribution in [3.05, 3.63) is 211 Å². The van der Waals surface area contributed by atoms with Gasteiger partial charge in [0.1, 0.15) is 23.0 Å². The third-order valence-corrected chi connectivity index (χ3v) is 16.8. The van der Waals surface area contributed by atoms with Crippen molar-refractivity contribution in [1.29, 1.82) is 0 Å². The zero-order chi connectivity index (χ0) is 65.7. The Morgan fingerprint density at radius 1 is 0.385 bits per heavy atom. The summed E-state index contributed by atoms with van der Waals surface area (Å²) in [6.45, 7) is 30.6. The monoisotopic (exact) mass is 1230 g/mol. The quantitative estimate of drug-likeness (QED) is 0.0281. The molecule has 1 aliphatic carbocycles. The SMILES string of the molecule is CCOC(=O)COc1c2cc(C(C)(C)C)cc1Cc1cc(C(C)(C)C)cc(c1OCC(=O)OCC)Cc1cc(C(C)(C)C)cc(c1OCC(=O)OCC)Cc1cc(C(C)(C)C)cc(c1CC(=O)c1ccc(OC(=O)c3c4ccccc4cc4ccccc34)cc1)C2. The molecule has 0 fully saturated rings. The Morgan fingerprint density at radius 3 is 1.01 bits per heavy atom. The average molecular weight is 1230 g/mol. The van der Waals surface area contributed by atoms with Crippen LogP contribution in [0, 0.1) is 0 Å². The molecule has 8 aromatic carbocycles. The molecule has 9 rings (SSSR count). The van der Waals surface area contributed by atoms with Crippen LogP contribution in [0.4, 0.5) is 0 Å². The zero-order valence-electron chi connectivity index (χ0n) is 55.8. The molecule has 8 bridgehead atoms. The number of ketones is 1. The largest absolute Gasteiger partial charge is 0.481 e. The lowest BCUT2D eigenvalue weighted by molar-refractivity contribution is -0.146. The van der Waals surface area contributed by atoms with E-state index < -0.39 is 29.3 Å². The number of ether oxygens (including phenoxy) is 7. The summed E-state index contributed by atoms with van der Waals surface area (Å²) in [6.07, 6.45) is 0.988. The van der Waals surface area contributed by atoms with Gasteiger partial charge in [-0.25, -0.2) is 19.2 Å². The average Bonchev–Trinajstić information content (AvgIpc) is 0.791. The Kier molecular flexibility index (Phi) is 20.0. The van der Waals surface area contributed by atoms with Crippen LogP contribution in [-0.2, 0) is 82.4 Å². The van der Waals surface area contributed by atoms with Gasteiger partial charge in [-0.05, 0) is 167 Å². The van der Waals surface area contributed by atoms with Gasteiger partial charge in [-0.2, -0.15) is 0 Å². The second-order valence-corrected chi connectivity index (χ2v) is 27.8. The van der Waals surface area contributed by atoms with Gasteiger partial charge in [-0.3, -0.25) is 4.79 Å². The molecule has 0 aliphatic heterocycles. The molecule has 0 spiro atoms. The molecular weight excluding hydrogens is 1140 g/mol. The van der Waals surface area contributed by atoms with Gasteiger partial charge in [-0.15, -0.1) is 0 Å². The molecule has 0 unspecified atom stereocenters. The van der Waals surface area contributed by atoms with Crippen molar-refractivity contribution in [1.82, 2.24) is 0 Å². The number of fused-ring (bicyclic) bond motifs is 10. The number of benzene rings is 8. The topological polar surface area (TPSA) is 150 Å². The van der Waals surface area contributed by atoms with Crippen LogP contribution in [0.5, 0.6) is 23.0 Å². The maximum absolute atomic E-state index is 15.4. The fraction of sp³-hybridized carbons (Fsp3) is 0.380. The van der Waals surface area contributed by atoms with Crippen molar-refractivity contribution in [3.63, 3.8) is 0 Å². The summed E-state index contributed by atoms with van der Waals surface area (Å²) in [6, 6.07) is 41.6. The highest BCUT2D eigenvalue weighted by Crippen LogP contribution is 2.44. The summed E-state index contributed by atoms with van der Waals surface area (Å²) in [5.41, 5.74) is 10.5. The van der Waals surface area contributed by atoms with Gasteiger partial charge in [0.25, 0.3) is 0 Å². The van der Waals surface area contributed by atoms with Crippen LogP contribution in [0.15, 0.2) is 127 Å². The van der Waals surface area contributed by atoms with Crippen molar-refractivity contribution < 1.29 is 57.1 Å². The molecule has 476 valence electrons. The number of esters is 4. The molecule has 91 heavy (non-hydrogen) atoms. The maximum atomic E-state index is 15.4. The Balaban J connectivity index is 1.29. The highest BCUT2D eigenvalue weighted by Gasteiger charge is 2.31. The minimum atomic E-state index is -0.528. The van der Waals surface area contributed by atoms with Gasteiger partial charge in [0.2, 0.25) is 0 Å². The van der Waals surface area contributed by atoms with E-state index in [9.17, 15) is 19.2 Å². The fourth-order valence-corrected chi connectivity index (χ4v) is 11.9. The summed E-state index contributed by atoms with van der Waals surface area (Å²) < 4.78 is 43.0. The smallest absolute Gasteiger partial charge is 0.344 e. The minimum Gasteiger partial charge on any atom is -0.481 e. The summed E-state index contributed by atoms with van der Waals surface area (Å²) in [7, 11) is 0. The first kappa shape index (κ1) is 66.6. The van der Waals surface area contributed by atoms with Crippen LogP contribution < -0.4 is 18.9 Å². The molecule has 0 saturated heterocycles. The molecule has 0 aromatic heterocycles. The van der Waals surface area contributed by atoms with Crippen LogP contribution in [0.3, 0.4) is 0 Å². The predicted octanol–water partition coefficient (Wildman–Crippen LogP) is 16.3. The summed E-state index contributed by atoms with van der Waals surface area (Å²) in [5, 5.41) is 3.39. The number of carbonyl (C=O) groups is 5. The molecule has 0 radical (unpaired) electrons. The lowest BCUT2D eigenvalue weighted by Crippen LogP contribution is -2.21. The van der Waals surface area contributed by atoms with Crippen molar-refractivity contribution in [3.8, 4) is 23.0 Å². The molecule has 0 heterocycles. The Bertz CT molecular complexity index is 3870. The first-order valence-corrected chi connectivity index (χ1v) is 31.8. The third kappa shape index (κ3) is 15.9. The third-order valence-electron chi connectivity index (χ3n) is 16.8. The minimum absolute atomic E-state index is 0.0345. The molecular formula is C79H88O12. The fourth-order valence-electron chi connectivity index (χ4n) is 11.9. The molecule has 12 nitrogen and oxygen atoms in total. The van der Waals surface area contributed by atoms with Gasteiger partial charge in [-0.1, -0.05) is 180 Å². The van der Waals surface area contributed by atoms with Crippen LogP contribution >= 0.6 is 0 Å². The van der Waals surface area contributed by atoms with Gasteiger partial charge in [0.15, 0.2) is 25.6 Å². The van der Waals surface area contributed by atoms with Gasteiger partial charge >= 0.3 is 23.9 Å². The number of rotatable bonds is 17.